The second-order valence-corrected chi connectivity index (χ2v) is 7.40. The van der Waals surface area contributed by atoms with Gasteiger partial charge < -0.3 is 15.2 Å². The molecule has 1 aliphatic carbocycles. The molecule has 126 valence electrons. The Morgan fingerprint density at radius 3 is 2.83 bits per heavy atom. The van der Waals surface area contributed by atoms with Crippen molar-refractivity contribution in [3.63, 3.8) is 0 Å². The van der Waals surface area contributed by atoms with Crippen molar-refractivity contribution in [2.45, 2.75) is 49.8 Å². The van der Waals surface area contributed by atoms with E-state index in [-0.39, 0.29) is 0 Å². The molecule has 2 aliphatic heterocycles. The summed E-state index contributed by atoms with van der Waals surface area (Å²) >= 11 is 0. The van der Waals surface area contributed by atoms with Crippen molar-refractivity contribution in [3.05, 3.63) is 35.4 Å². The van der Waals surface area contributed by atoms with E-state index in [1.807, 2.05) is 6.07 Å². The quantitative estimate of drug-likeness (QED) is 0.887. The summed E-state index contributed by atoms with van der Waals surface area (Å²) < 4.78 is 5.51. The third-order valence-electron chi connectivity index (χ3n) is 5.96. The van der Waals surface area contributed by atoms with Gasteiger partial charge >= 0.3 is 0 Å². The van der Waals surface area contributed by atoms with Crippen molar-refractivity contribution in [3.8, 4) is 0 Å². The van der Waals surface area contributed by atoms with Crippen LogP contribution in [0.1, 0.15) is 36.8 Å². The number of likely N-dealkylation sites (tertiary alicyclic amines) is 1. The minimum absolute atomic E-state index is 0.533. The number of aliphatic hydroxyl groups is 1. The Labute approximate surface area is 138 Å². The lowest BCUT2D eigenvalue weighted by molar-refractivity contribution is 0.0315. The van der Waals surface area contributed by atoms with E-state index >= 15 is 0 Å². The maximum absolute atomic E-state index is 11.0. The molecule has 0 spiro atoms. The number of fused-ring (bicyclic) bond motifs is 1. The second-order valence-electron chi connectivity index (χ2n) is 7.40. The van der Waals surface area contributed by atoms with Gasteiger partial charge in [0.05, 0.1) is 6.61 Å². The fraction of sp³-hybridized carbons (Fsp3) is 0.684. The molecule has 4 nitrogen and oxygen atoms in total. The highest BCUT2D eigenvalue weighted by atomic mass is 16.5. The third-order valence-corrected chi connectivity index (χ3v) is 5.96. The molecule has 2 fully saturated rings. The highest BCUT2D eigenvalue weighted by Gasteiger charge is 2.37. The van der Waals surface area contributed by atoms with Gasteiger partial charge in [-0.05, 0) is 43.2 Å². The molecule has 0 radical (unpaired) electrons. The number of ether oxygens (including phenoxy) is 1. The monoisotopic (exact) mass is 316 g/mol. The summed E-state index contributed by atoms with van der Waals surface area (Å²) in [7, 11) is 0. The molecule has 0 saturated carbocycles. The number of nitrogens with zero attached hydrogens (tertiary/aromatic N) is 1. The predicted octanol–water partition coefficient (Wildman–Crippen LogP) is 1.66. The zero-order chi connectivity index (χ0) is 15.7. The molecule has 0 bridgehead atoms. The van der Waals surface area contributed by atoms with Crippen LogP contribution in [-0.2, 0) is 16.8 Å². The highest BCUT2D eigenvalue weighted by molar-refractivity contribution is 5.37. The van der Waals surface area contributed by atoms with Crippen LogP contribution in [0, 0.1) is 0 Å². The number of aryl methyl sites for hydroxylation is 1. The summed E-state index contributed by atoms with van der Waals surface area (Å²) in [4.78, 5) is 2.59. The van der Waals surface area contributed by atoms with Crippen LogP contribution in [0.15, 0.2) is 24.3 Å². The zero-order valence-electron chi connectivity index (χ0n) is 13.8. The van der Waals surface area contributed by atoms with Gasteiger partial charge in [-0.3, -0.25) is 4.90 Å². The smallest absolute Gasteiger partial charge is 0.103 e. The van der Waals surface area contributed by atoms with Gasteiger partial charge in [-0.25, -0.2) is 0 Å². The number of hydrogen-bond donors (Lipinski definition) is 2. The molecule has 2 heterocycles. The van der Waals surface area contributed by atoms with Gasteiger partial charge in [-0.15, -0.1) is 0 Å². The van der Waals surface area contributed by atoms with E-state index < -0.39 is 5.60 Å². The van der Waals surface area contributed by atoms with Crippen molar-refractivity contribution >= 4 is 0 Å². The summed E-state index contributed by atoms with van der Waals surface area (Å²) in [6.07, 6.45) is 5.38. The van der Waals surface area contributed by atoms with Gasteiger partial charge in [0.25, 0.3) is 0 Å². The first-order valence-electron chi connectivity index (χ1n) is 9.10. The van der Waals surface area contributed by atoms with Crippen molar-refractivity contribution in [1.82, 2.24) is 10.2 Å². The molecule has 0 aromatic heterocycles. The molecule has 1 aromatic carbocycles. The van der Waals surface area contributed by atoms with E-state index in [0.29, 0.717) is 18.6 Å². The molecule has 4 rings (SSSR count). The van der Waals surface area contributed by atoms with Gasteiger partial charge in [0, 0.05) is 38.3 Å². The maximum atomic E-state index is 11.0. The van der Waals surface area contributed by atoms with Crippen molar-refractivity contribution < 1.29 is 9.84 Å². The molecule has 2 N–H and O–H groups in total. The molecule has 3 aliphatic rings. The third kappa shape index (κ3) is 3.18. The minimum atomic E-state index is -0.674. The zero-order valence-corrected chi connectivity index (χ0v) is 13.8. The molecule has 2 saturated heterocycles. The first kappa shape index (κ1) is 15.6. The van der Waals surface area contributed by atoms with Crippen LogP contribution >= 0.6 is 0 Å². The van der Waals surface area contributed by atoms with Crippen LogP contribution in [0.5, 0.6) is 0 Å². The topological polar surface area (TPSA) is 44.7 Å². The van der Waals surface area contributed by atoms with Gasteiger partial charge in [0.15, 0.2) is 0 Å². The van der Waals surface area contributed by atoms with Crippen LogP contribution in [-0.4, -0.2) is 54.9 Å². The standard InChI is InChI=1S/C19H28N2O2/c22-19(9-5-15-3-1-2-4-18(15)19)14-20-16-6-10-21(11-7-16)17-8-12-23-13-17/h1-4,16-17,20,22H,5-14H2. The molecule has 23 heavy (non-hydrogen) atoms. The van der Waals surface area contributed by atoms with E-state index in [2.05, 4.69) is 28.4 Å². The van der Waals surface area contributed by atoms with Crippen LogP contribution in [0.4, 0.5) is 0 Å². The van der Waals surface area contributed by atoms with Gasteiger partial charge in [0.2, 0.25) is 0 Å². The summed E-state index contributed by atoms with van der Waals surface area (Å²) in [6, 6.07) is 9.52. The SMILES string of the molecule is OC1(CNC2CCN(C3CCOC3)CC2)CCc2ccccc21. The maximum Gasteiger partial charge on any atom is 0.103 e. The van der Waals surface area contributed by atoms with E-state index in [9.17, 15) is 5.11 Å². The first-order valence-corrected chi connectivity index (χ1v) is 9.10. The van der Waals surface area contributed by atoms with Crippen molar-refractivity contribution in [2.24, 2.45) is 0 Å². The van der Waals surface area contributed by atoms with E-state index in [0.717, 1.165) is 44.7 Å². The summed E-state index contributed by atoms with van der Waals surface area (Å²) in [5.74, 6) is 0. The average molecular weight is 316 g/mol. The average Bonchev–Trinajstić information content (AvgIpc) is 3.23. The molecular formula is C19H28N2O2. The van der Waals surface area contributed by atoms with Crippen molar-refractivity contribution in [1.29, 1.82) is 0 Å². The Kier molecular flexibility index (Phi) is 4.41. The van der Waals surface area contributed by atoms with Gasteiger partial charge in [0.1, 0.15) is 5.60 Å². The van der Waals surface area contributed by atoms with Gasteiger partial charge in [-0.2, -0.15) is 0 Å². The first-order chi connectivity index (χ1) is 11.2. The largest absolute Gasteiger partial charge is 0.384 e. The van der Waals surface area contributed by atoms with Crippen LogP contribution in [0.2, 0.25) is 0 Å². The normalized spacial score (nSPS) is 32.3. The van der Waals surface area contributed by atoms with Crippen LogP contribution in [0.3, 0.4) is 0 Å². The molecular weight excluding hydrogens is 288 g/mol. The molecule has 1 aromatic rings. The van der Waals surface area contributed by atoms with Gasteiger partial charge in [-0.1, -0.05) is 24.3 Å². The van der Waals surface area contributed by atoms with Crippen molar-refractivity contribution in [2.75, 3.05) is 32.8 Å². The van der Waals surface area contributed by atoms with Crippen LogP contribution in [0.25, 0.3) is 0 Å². The second kappa shape index (κ2) is 6.52. The molecule has 2 atom stereocenters. The van der Waals surface area contributed by atoms with E-state index in [1.54, 1.807) is 0 Å². The lowest BCUT2D eigenvalue weighted by Crippen LogP contribution is -2.49. The molecule has 4 heteroatoms. The summed E-state index contributed by atoms with van der Waals surface area (Å²) in [5, 5.41) is 14.7. The Morgan fingerprint density at radius 1 is 1.22 bits per heavy atom. The fourth-order valence-corrected chi connectivity index (χ4v) is 4.44. The van der Waals surface area contributed by atoms with E-state index in [4.69, 9.17) is 4.74 Å². The number of nitrogens with one attached hydrogen (secondary N) is 1. The summed E-state index contributed by atoms with van der Waals surface area (Å²) in [6.45, 7) is 4.83. The lowest BCUT2D eigenvalue weighted by Gasteiger charge is -2.37. The predicted molar refractivity (Wildman–Crippen MR) is 90.5 cm³/mol. The Balaban J connectivity index is 1.29. The minimum Gasteiger partial charge on any atom is -0.384 e. The Bertz CT molecular complexity index is 536. The Morgan fingerprint density at radius 2 is 2.04 bits per heavy atom. The number of benzene rings is 1. The molecule has 2 unspecified atom stereocenters. The highest BCUT2D eigenvalue weighted by Crippen LogP contribution is 2.36. The number of hydrogen-bond acceptors (Lipinski definition) is 4. The fourth-order valence-electron chi connectivity index (χ4n) is 4.44. The number of piperidine rings is 1. The van der Waals surface area contributed by atoms with Crippen LogP contribution < -0.4 is 5.32 Å². The van der Waals surface area contributed by atoms with E-state index in [1.165, 1.54) is 24.8 Å². The Hall–Kier alpha value is -0.940. The number of rotatable bonds is 4. The lowest BCUT2D eigenvalue weighted by atomic mass is 9.94. The molecule has 0 amide bonds. The summed E-state index contributed by atoms with van der Waals surface area (Å²) in [5.41, 5.74) is 1.77.